The van der Waals surface area contributed by atoms with Gasteiger partial charge in [0.1, 0.15) is 28.5 Å². The minimum atomic E-state index is -0.614. The summed E-state index contributed by atoms with van der Waals surface area (Å²) in [6.45, 7) is 4.05. The molecule has 0 fully saturated rings. The number of hydrogen-bond acceptors (Lipinski definition) is 9. The fourth-order valence-corrected chi connectivity index (χ4v) is 3.81. The molecule has 0 aliphatic carbocycles. The Morgan fingerprint density at radius 2 is 1.82 bits per heavy atom. The molecule has 0 radical (unpaired) electrons. The topological polar surface area (TPSA) is 150 Å². The molecule has 206 valence electrons. The maximum atomic E-state index is 12.3. The monoisotopic (exact) mass is 568 g/mol. The maximum Gasteiger partial charge on any atom is 0.221 e. The van der Waals surface area contributed by atoms with E-state index in [0.29, 0.717) is 47.8 Å². The van der Waals surface area contributed by atoms with Crippen LogP contribution in [0.2, 0.25) is 0 Å². The SMILES string of the molecule is CC(=O)Nc1ccc(-c2nc(C(S)c3cccc(CCC(=O)NCC(C)N(C)C)n3)nc(N)c2C#N)cc1.Cl. The molecule has 1 aromatic carbocycles. The van der Waals surface area contributed by atoms with Crippen LogP contribution in [-0.2, 0) is 16.0 Å². The Morgan fingerprint density at radius 1 is 1.13 bits per heavy atom. The van der Waals surface area contributed by atoms with Gasteiger partial charge in [-0.25, -0.2) is 9.97 Å². The van der Waals surface area contributed by atoms with Gasteiger partial charge in [-0.15, -0.1) is 12.4 Å². The average Bonchev–Trinajstić information content (AvgIpc) is 2.89. The molecule has 3 aromatic rings. The third-order valence-electron chi connectivity index (χ3n) is 5.98. The molecular formula is C27H33ClN8O2S. The first-order valence-electron chi connectivity index (χ1n) is 12.1. The number of aromatic nitrogens is 3. The number of pyridine rings is 1. The van der Waals surface area contributed by atoms with E-state index in [-0.39, 0.29) is 41.6 Å². The van der Waals surface area contributed by atoms with Crippen molar-refractivity contribution in [2.75, 3.05) is 31.7 Å². The Morgan fingerprint density at radius 3 is 2.44 bits per heavy atom. The number of amides is 2. The Balaban J connectivity index is 0.00000533. The molecule has 0 aliphatic heterocycles. The Hall–Kier alpha value is -3.72. The van der Waals surface area contributed by atoms with Gasteiger partial charge in [-0.1, -0.05) is 18.2 Å². The lowest BCUT2D eigenvalue weighted by Crippen LogP contribution is -2.38. The minimum absolute atomic E-state index is 0. The van der Waals surface area contributed by atoms with Crippen LogP contribution >= 0.6 is 25.0 Å². The number of thiol groups is 1. The zero-order valence-corrected chi connectivity index (χ0v) is 24.0. The van der Waals surface area contributed by atoms with Gasteiger partial charge in [-0.2, -0.15) is 17.9 Å². The van der Waals surface area contributed by atoms with Crippen LogP contribution in [0.4, 0.5) is 11.5 Å². The van der Waals surface area contributed by atoms with Crippen molar-refractivity contribution in [1.29, 1.82) is 5.26 Å². The first-order chi connectivity index (χ1) is 18.1. The summed E-state index contributed by atoms with van der Waals surface area (Å²) in [4.78, 5) is 39.2. The lowest BCUT2D eigenvalue weighted by molar-refractivity contribution is -0.121. The van der Waals surface area contributed by atoms with Gasteiger partial charge >= 0.3 is 0 Å². The molecule has 0 saturated carbocycles. The van der Waals surface area contributed by atoms with E-state index in [4.69, 9.17) is 18.4 Å². The highest BCUT2D eigenvalue weighted by atomic mass is 35.5. The van der Waals surface area contributed by atoms with Gasteiger partial charge < -0.3 is 21.3 Å². The van der Waals surface area contributed by atoms with E-state index >= 15 is 0 Å². The van der Waals surface area contributed by atoms with Gasteiger partial charge in [0.2, 0.25) is 11.8 Å². The zero-order valence-electron chi connectivity index (χ0n) is 22.3. The van der Waals surface area contributed by atoms with Crippen molar-refractivity contribution in [2.24, 2.45) is 0 Å². The summed E-state index contributed by atoms with van der Waals surface area (Å²) >= 11 is 4.71. The smallest absolute Gasteiger partial charge is 0.221 e. The summed E-state index contributed by atoms with van der Waals surface area (Å²) in [5.41, 5.74) is 9.25. The predicted molar refractivity (Wildman–Crippen MR) is 158 cm³/mol. The third kappa shape index (κ3) is 8.64. The number of halogens is 1. The van der Waals surface area contributed by atoms with Gasteiger partial charge in [-0.3, -0.25) is 14.6 Å². The van der Waals surface area contributed by atoms with Crippen molar-refractivity contribution >= 4 is 48.4 Å². The van der Waals surface area contributed by atoms with Gasteiger partial charge in [0, 0.05) is 42.9 Å². The third-order valence-corrected chi connectivity index (χ3v) is 6.48. The van der Waals surface area contributed by atoms with Crippen LogP contribution in [-0.4, -0.2) is 58.3 Å². The van der Waals surface area contributed by atoms with E-state index in [2.05, 4.69) is 31.7 Å². The molecule has 2 unspecified atom stereocenters. The van der Waals surface area contributed by atoms with E-state index in [1.54, 1.807) is 30.3 Å². The first kappa shape index (κ1) is 31.5. The normalized spacial score (nSPS) is 12.1. The van der Waals surface area contributed by atoms with Crippen molar-refractivity contribution in [1.82, 2.24) is 25.2 Å². The maximum absolute atomic E-state index is 12.3. The van der Waals surface area contributed by atoms with E-state index in [1.165, 1.54) is 6.92 Å². The Bertz CT molecular complexity index is 1340. The van der Waals surface area contributed by atoms with Gasteiger partial charge in [0.05, 0.1) is 11.4 Å². The fourth-order valence-electron chi connectivity index (χ4n) is 3.55. The van der Waals surface area contributed by atoms with Crippen molar-refractivity contribution in [3.05, 3.63) is 65.2 Å². The fraction of sp³-hybridized carbons (Fsp3) is 0.333. The lowest BCUT2D eigenvalue weighted by Gasteiger charge is -2.19. The lowest BCUT2D eigenvalue weighted by atomic mass is 10.1. The molecule has 3 rings (SSSR count). The van der Waals surface area contributed by atoms with E-state index in [0.717, 1.165) is 5.69 Å². The van der Waals surface area contributed by atoms with Gasteiger partial charge in [0.25, 0.3) is 0 Å². The van der Waals surface area contributed by atoms with Crippen LogP contribution in [0.1, 0.15) is 48.3 Å². The summed E-state index contributed by atoms with van der Waals surface area (Å²) in [5, 5.41) is 14.7. The second-order valence-corrected chi connectivity index (χ2v) is 9.65. The van der Waals surface area contributed by atoms with Gasteiger partial charge in [-0.05, 0) is 51.7 Å². The summed E-state index contributed by atoms with van der Waals surface area (Å²) in [5.74, 6) is 0.116. The van der Waals surface area contributed by atoms with E-state index < -0.39 is 5.25 Å². The molecule has 2 heterocycles. The number of benzene rings is 1. The van der Waals surface area contributed by atoms with Crippen molar-refractivity contribution in [3.8, 4) is 17.3 Å². The number of nitrogens with one attached hydrogen (secondary N) is 2. The zero-order chi connectivity index (χ0) is 27.8. The number of nitrogens with two attached hydrogens (primary N) is 1. The second kappa shape index (κ2) is 14.4. The molecule has 39 heavy (non-hydrogen) atoms. The number of hydrogen-bond donors (Lipinski definition) is 4. The van der Waals surface area contributed by atoms with Gasteiger partial charge in [0.15, 0.2) is 0 Å². The molecule has 2 aromatic heterocycles. The first-order valence-corrected chi connectivity index (χ1v) is 12.6. The molecule has 2 atom stereocenters. The highest BCUT2D eigenvalue weighted by Crippen LogP contribution is 2.31. The second-order valence-electron chi connectivity index (χ2n) is 9.13. The Labute approximate surface area is 240 Å². The molecule has 2 amide bonds. The predicted octanol–water partition coefficient (Wildman–Crippen LogP) is 3.39. The van der Waals surface area contributed by atoms with E-state index in [9.17, 15) is 14.9 Å². The number of carbonyl (C=O) groups is 2. The van der Waals surface area contributed by atoms with Crippen LogP contribution in [0.15, 0.2) is 42.5 Å². The number of likely N-dealkylation sites (N-methyl/N-ethyl adjacent to an activating group) is 1. The highest BCUT2D eigenvalue weighted by Gasteiger charge is 2.21. The molecule has 0 spiro atoms. The van der Waals surface area contributed by atoms with Crippen LogP contribution in [0.5, 0.6) is 0 Å². The Kier molecular flexibility index (Phi) is 11.7. The highest BCUT2D eigenvalue weighted by molar-refractivity contribution is 7.80. The summed E-state index contributed by atoms with van der Waals surface area (Å²) in [6, 6.07) is 14.8. The number of nitriles is 1. The molecule has 0 aliphatic rings. The molecular weight excluding hydrogens is 536 g/mol. The number of aryl methyl sites for hydroxylation is 1. The van der Waals surface area contributed by atoms with Crippen LogP contribution in [0.3, 0.4) is 0 Å². The molecule has 0 bridgehead atoms. The number of anilines is 2. The molecule has 0 saturated heterocycles. The van der Waals surface area contributed by atoms with Crippen molar-refractivity contribution < 1.29 is 9.59 Å². The molecule has 12 heteroatoms. The van der Waals surface area contributed by atoms with Crippen LogP contribution in [0.25, 0.3) is 11.3 Å². The average molecular weight is 569 g/mol. The molecule has 10 nitrogen and oxygen atoms in total. The van der Waals surface area contributed by atoms with E-state index in [1.807, 2.05) is 38.1 Å². The minimum Gasteiger partial charge on any atom is -0.382 e. The largest absolute Gasteiger partial charge is 0.382 e. The number of nitrogen functional groups attached to an aromatic ring is 1. The number of nitrogens with zero attached hydrogens (tertiary/aromatic N) is 5. The van der Waals surface area contributed by atoms with Crippen molar-refractivity contribution in [3.63, 3.8) is 0 Å². The van der Waals surface area contributed by atoms with Crippen molar-refractivity contribution in [2.45, 2.75) is 38.0 Å². The number of carbonyl (C=O) groups excluding carboxylic acids is 2. The summed E-state index contributed by atoms with van der Waals surface area (Å²) in [7, 11) is 3.94. The van der Waals surface area contributed by atoms with Crippen LogP contribution < -0.4 is 16.4 Å². The standard InChI is InChI=1S/C27H32N8O2S.ClH/c1-16(35(3)4)15-30-23(37)13-12-19-6-5-7-22(32-19)25(38)27-33-24(21(14-28)26(29)34-27)18-8-10-20(11-9-18)31-17(2)36;/h5-11,16,25,38H,12-13,15H2,1-4H3,(H,30,37)(H,31,36)(H2,29,33,34);1H. The molecule has 4 N–H and O–H groups in total. The summed E-state index contributed by atoms with van der Waals surface area (Å²) in [6.07, 6.45) is 0.783. The summed E-state index contributed by atoms with van der Waals surface area (Å²) < 4.78 is 0. The van der Waals surface area contributed by atoms with Crippen LogP contribution in [0, 0.1) is 11.3 Å². The quantitative estimate of drug-likeness (QED) is 0.272. The number of rotatable bonds is 10.